The van der Waals surface area contributed by atoms with E-state index in [-0.39, 0.29) is 11.4 Å². The fourth-order valence-electron chi connectivity index (χ4n) is 2.81. The Bertz CT molecular complexity index is 493. The molecule has 0 spiro atoms. The van der Waals surface area contributed by atoms with Crippen molar-refractivity contribution in [3.05, 3.63) is 17.1 Å². The number of methoxy groups -OCH3 is 1. The summed E-state index contributed by atoms with van der Waals surface area (Å²) in [5.41, 5.74) is 7.20. The first-order valence-corrected chi connectivity index (χ1v) is 7.06. The molecule has 20 heavy (non-hydrogen) atoms. The number of anilines is 1. The molecule has 0 bridgehead atoms. The maximum Gasteiger partial charge on any atom is 0.343 e. The van der Waals surface area contributed by atoms with Gasteiger partial charge in [-0.1, -0.05) is 13.8 Å². The van der Waals surface area contributed by atoms with Crippen LogP contribution in [0.2, 0.25) is 0 Å². The van der Waals surface area contributed by atoms with E-state index in [1.54, 1.807) is 6.92 Å². The van der Waals surface area contributed by atoms with Crippen molar-refractivity contribution in [2.75, 3.05) is 12.8 Å². The Balaban J connectivity index is 2.25. The zero-order valence-corrected chi connectivity index (χ0v) is 12.7. The number of aryl methyl sites for hydroxylation is 1. The molecule has 0 aliphatic heterocycles. The lowest BCUT2D eigenvalue weighted by Gasteiger charge is -2.33. The first-order chi connectivity index (χ1) is 9.34. The van der Waals surface area contributed by atoms with Gasteiger partial charge in [0.15, 0.2) is 0 Å². The van der Waals surface area contributed by atoms with Crippen molar-refractivity contribution in [2.45, 2.75) is 52.4 Å². The first kappa shape index (κ1) is 14.8. The number of rotatable bonds is 2. The van der Waals surface area contributed by atoms with Gasteiger partial charge in [-0.3, -0.25) is 0 Å². The van der Waals surface area contributed by atoms with Crippen molar-refractivity contribution in [2.24, 2.45) is 5.41 Å². The van der Waals surface area contributed by atoms with Crippen LogP contribution in [-0.2, 0) is 4.74 Å². The number of carbonyl (C=O) groups excluding carboxylic acids is 1. The smallest absolute Gasteiger partial charge is 0.343 e. The highest BCUT2D eigenvalue weighted by Gasteiger charge is 2.30. The van der Waals surface area contributed by atoms with Gasteiger partial charge in [0.1, 0.15) is 17.2 Å². The van der Waals surface area contributed by atoms with Gasteiger partial charge in [-0.25, -0.2) is 14.8 Å². The molecule has 0 atom stereocenters. The van der Waals surface area contributed by atoms with Gasteiger partial charge in [0, 0.05) is 5.92 Å². The van der Waals surface area contributed by atoms with Gasteiger partial charge in [-0.05, 0) is 38.0 Å². The van der Waals surface area contributed by atoms with Crippen molar-refractivity contribution in [3.8, 4) is 0 Å². The van der Waals surface area contributed by atoms with E-state index in [1.165, 1.54) is 20.0 Å². The summed E-state index contributed by atoms with van der Waals surface area (Å²) < 4.78 is 4.71. The lowest BCUT2D eigenvalue weighted by molar-refractivity contribution is 0.0600. The van der Waals surface area contributed by atoms with Crippen LogP contribution in [0.4, 0.5) is 5.82 Å². The van der Waals surface area contributed by atoms with Gasteiger partial charge in [0.25, 0.3) is 0 Å². The van der Waals surface area contributed by atoms with Crippen molar-refractivity contribution in [1.29, 1.82) is 0 Å². The summed E-state index contributed by atoms with van der Waals surface area (Å²) in [4.78, 5) is 20.5. The highest BCUT2D eigenvalue weighted by molar-refractivity contribution is 5.95. The van der Waals surface area contributed by atoms with Crippen LogP contribution in [0.3, 0.4) is 0 Å². The number of hydrogen-bond donors (Lipinski definition) is 1. The number of esters is 1. The second-order valence-electron chi connectivity index (χ2n) is 6.36. The van der Waals surface area contributed by atoms with Crippen molar-refractivity contribution in [3.63, 3.8) is 0 Å². The van der Waals surface area contributed by atoms with Crippen LogP contribution in [0.15, 0.2) is 0 Å². The number of ether oxygens (including phenoxy) is 1. The Labute approximate surface area is 119 Å². The van der Waals surface area contributed by atoms with E-state index in [1.807, 2.05) is 0 Å². The molecule has 0 radical (unpaired) electrons. The Kier molecular flexibility index (Phi) is 3.97. The molecule has 1 saturated carbocycles. The molecule has 1 heterocycles. The summed E-state index contributed by atoms with van der Waals surface area (Å²) in [5.74, 6) is 0.861. The minimum atomic E-state index is -0.476. The monoisotopic (exact) mass is 277 g/mol. The van der Waals surface area contributed by atoms with E-state index in [2.05, 4.69) is 23.8 Å². The molecule has 5 nitrogen and oxygen atoms in total. The molecule has 2 rings (SSSR count). The van der Waals surface area contributed by atoms with Crippen molar-refractivity contribution >= 4 is 11.8 Å². The van der Waals surface area contributed by atoms with Crippen LogP contribution < -0.4 is 5.73 Å². The number of nitrogen functional groups attached to an aromatic ring is 1. The van der Waals surface area contributed by atoms with Crippen LogP contribution >= 0.6 is 0 Å². The van der Waals surface area contributed by atoms with E-state index >= 15 is 0 Å². The van der Waals surface area contributed by atoms with Crippen LogP contribution in [-0.4, -0.2) is 23.0 Å². The molecular weight excluding hydrogens is 254 g/mol. The van der Waals surface area contributed by atoms with Crippen LogP contribution in [0, 0.1) is 12.3 Å². The third kappa shape index (κ3) is 2.92. The summed E-state index contributed by atoms with van der Waals surface area (Å²) in [7, 11) is 1.33. The third-order valence-electron chi connectivity index (χ3n) is 4.23. The summed E-state index contributed by atoms with van der Waals surface area (Å²) in [5, 5.41) is 0. The zero-order chi connectivity index (χ0) is 14.9. The Hall–Kier alpha value is -1.65. The molecule has 1 fully saturated rings. The molecule has 1 aliphatic rings. The van der Waals surface area contributed by atoms with E-state index in [0.717, 1.165) is 18.7 Å². The van der Waals surface area contributed by atoms with Gasteiger partial charge in [0.2, 0.25) is 0 Å². The minimum absolute atomic E-state index is 0.226. The Morgan fingerprint density at radius 1 is 1.30 bits per heavy atom. The van der Waals surface area contributed by atoms with Gasteiger partial charge in [-0.2, -0.15) is 0 Å². The van der Waals surface area contributed by atoms with Crippen LogP contribution in [0.1, 0.15) is 67.3 Å². The van der Waals surface area contributed by atoms with E-state index < -0.39 is 5.97 Å². The molecule has 1 aliphatic carbocycles. The Morgan fingerprint density at radius 3 is 2.40 bits per heavy atom. The number of hydrogen-bond acceptors (Lipinski definition) is 5. The highest BCUT2D eigenvalue weighted by atomic mass is 16.5. The number of carbonyl (C=O) groups is 1. The van der Waals surface area contributed by atoms with E-state index in [4.69, 9.17) is 10.5 Å². The summed E-state index contributed by atoms with van der Waals surface area (Å²) in [6, 6.07) is 0. The molecule has 2 N–H and O–H groups in total. The van der Waals surface area contributed by atoms with Crippen molar-refractivity contribution in [1.82, 2.24) is 9.97 Å². The topological polar surface area (TPSA) is 78.1 Å². The maximum atomic E-state index is 11.6. The normalized spacial score (nSPS) is 18.8. The molecule has 1 aromatic heterocycles. The largest absolute Gasteiger partial charge is 0.465 e. The molecule has 0 unspecified atom stereocenters. The van der Waals surface area contributed by atoms with Crippen LogP contribution in [0.25, 0.3) is 0 Å². The number of aromatic nitrogens is 2. The van der Waals surface area contributed by atoms with Gasteiger partial charge >= 0.3 is 5.97 Å². The fraction of sp³-hybridized carbons (Fsp3) is 0.667. The lowest BCUT2D eigenvalue weighted by Crippen LogP contribution is -2.22. The van der Waals surface area contributed by atoms with E-state index in [9.17, 15) is 4.79 Å². The maximum absolute atomic E-state index is 11.6. The predicted molar refractivity (Wildman–Crippen MR) is 77.5 cm³/mol. The molecule has 0 amide bonds. The first-order valence-electron chi connectivity index (χ1n) is 7.06. The standard InChI is InChI=1S/C15H23N3O2/c1-9-11(14(19)20-4)12(16)18-13(17-9)10-5-7-15(2,3)8-6-10/h10H,5-8H2,1-4H3,(H2,16,17,18). The molecule has 5 heteroatoms. The predicted octanol–water partition coefficient (Wildman–Crippen LogP) is 2.84. The molecule has 110 valence electrons. The quantitative estimate of drug-likeness (QED) is 0.841. The third-order valence-corrected chi connectivity index (χ3v) is 4.23. The van der Waals surface area contributed by atoms with E-state index in [0.29, 0.717) is 17.0 Å². The molecule has 0 saturated heterocycles. The fourth-order valence-corrected chi connectivity index (χ4v) is 2.81. The van der Waals surface area contributed by atoms with Gasteiger partial charge in [0.05, 0.1) is 12.8 Å². The number of nitrogens with zero attached hydrogens (tertiary/aromatic N) is 2. The minimum Gasteiger partial charge on any atom is -0.465 e. The second kappa shape index (κ2) is 5.38. The van der Waals surface area contributed by atoms with Gasteiger partial charge < -0.3 is 10.5 Å². The van der Waals surface area contributed by atoms with Gasteiger partial charge in [-0.15, -0.1) is 0 Å². The average molecular weight is 277 g/mol. The molecule has 1 aromatic rings. The summed E-state index contributed by atoms with van der Waals surface area (Å²) in [6.07, 6.45) is 4.48. The lowest BCUT2D eigenvalue weighted by atomic mass is 9.73. The average Bonchev–Trinajstić information content (AvgIpc) is 2.37. The van der Waals surface area contributed by atoms with Crippen LogP contribution in [0.5, 0.6) is 0 Å². The zero-order valence-electron chi connectivity index (χ0n) is 12.7. The number of nitrogens with two attached hydrogens (primary N) is 1. The SMILES string of the molecule is COC(=O)c1c(C)nc(C2CCC(C)(C)CC2)nc1N. The highest BCUT2D eigenvalue weighted by Crippen LogP contribution is 2.41. The Morgan fingerprint density at radius 2 is 1.90 bits per heavy atom. The van der Waals surface area contributed by atoms with Crippen molar-refractivity contribution < 1.29 is 9.53 Å². The summed E-state index contributed by atoms with van der Waals surface area (Å²) in [6.45, 7) is 6.37. The summed E-state index contributed by atoms with van der Waals surface area (Å²) >= 11 is 0. The second-order valence-corrected chi connectivity index (χ2v) is 6.36. The molecule has 0 aromatic carbocycles. The molecular formula is C15H23N3O2.